The van der Waals surface area contributed by atoms with Gasteiger partial charge in [0.1, 0.15) is 0 Å². The summed E-state index contributed by atoms with van der Waals surface area (Å²) < 4.78 is 23.0. The number of hydrogen-bond acceptors (Lipinski definition) is 6. The minimum absolute atomic E-state index is 0.0629. The molecule has 110 valence electrons. The van der Waals surface area contributed by atoms with Crippen LogP contribution in [0.15, 0.2) is 23.6 Å². The first kappa shape index (κ1) is 15.2. The second-order valence-corrected chi connectivity index (χ2v) is 7.73. The minimum atomic E-state index is -2.98. The van der Waals surface area contributed by atoms with Crippen molar-refractivity contribution in [2.75, 3.05) is 23.8 Å². The molecule has 1 aromatic heterocycles. The van der Waals surface area contributed by atoms with Gasteiger partial charge in [0.15, 0.2) is 15.0 Å². The van der Waals surface area contributed by atoms with Crippen LogP contribution in [0.25, 0.3) is 0 Å². The lowest BCUT2D eigenvalue weighted by Crippen LogP contribution is -2.41. The van der Waals surface area contributed by atoms with Crippen molar-refractivity contribution in [1.29, 1.82) is 0 Å². The van der Waals surface area contributed by atoms with Gasteiger partial charge in [-0.15, -0.1) is 0 Å². The Morgan fingerprint density at radius 3 is 2.70 bits per heavy atom. The molecular weight excluding hydrogens is 298 g/mol. The number of carbonyl (C=O) groups excluding carboxylic acids is 1. The van der Waals surface area contributed by atoms with Crippen LogP contribution in [-0.4, -0.2) is 59.0 Å². The zero-order valence-corrected chi connectivity index (χ0v) is 12.9. The molecule has 1 atom stereocenters. The molecule has 1 saturated heterocycles. The van der Waals surface area contributed by atoms with Crippen molar-refractivity contribution in [1.82, 2.24) is 14.9 Å². The maximum Gasteiger partial charge on any atom is 0.233 e. The fourth-order valence-corrected chi connectivity index (χ4v) is 4.65. The predicted octanol–water partition coefficient (Wildman–Crippen LogP) is 0.604. The zero-order chi connectivity index (χ0) is 14.6. The number of hydrogen-bond donors (Lipinski definition) is 0. The second-order valence-electron chi connectivity index (χ2n) is 4.56. The van der Waals surface area contributed by atoms with E-state index in [1.807, 2.05) is 6.92 Å². The molecule has 0 aromatic carbocycles. The van der Waals surface area contributed by atoms with E-state index < -0.39 is 9.84 Å². The maximum absolute atomic E-state index is 12.2. The van der Waals surface area contributed by atoms with Gasteiger partial charge in [-0.25, -0.2) is 18.4 Å². The number of sulfone groups is 1. The predicted molar refractivity (Wildman–Crippen MR) is 77.2 cm³/mol. The van der Waals surface area contributed by atoms with Crippen LogP contribution in [0, 0.1) is 0 Å². The molecule has 0 N–H and O–H groups in total. The topological polar surface area (TPSA) is 80.2 Å². The van der Waals surface area contributed by atoms with Crippen molar-refractivity contribution in [2.45, 2.75) is 24.5 Å². The fourth-order valence-electron chi connectivity index (χ4n) is 2.23. The third-order valence-electron chi connectivity index (χ3n) is 3.18. The van der Waals surface area contributed by atoms with E-state index in [1.54, 1.807) is 23.4 Å². The number of rotatable bonds is 5. The first-order chi connectivity index (χ1) is 9.52. The van der Waals surface area contributed by atoms with Gasteiger partial charge in [0, 0.05) is 25.0 Å². The molecule has 0 unspecified atom stereocenters. The Morgan fingerprint density at radius 2 is 2.15 bits per heavy atom. The SMILES string of the molecule is CCN(C(=O)CSc1ncccn1)[C@H]1CCS(=O)(=O)C1. The van der Waals surface area contributed by atoms with Crippen LogP contribution in [-0.2, 0) is 14.6 Å². The Bertz CT molecular complexity index is 563. The van der Waals surface area contributed by atoms with E-state index in [-0.39, 0.29) is 29.2 Å². The summed E-state index contributed by atoms with van der Waals surface area (Å²) in [6.07, 6.45) is 3.79. The Balaban J connectivity index is 1.93. The first-order valence-electron chi connectivity index (χ1n) is 6.41. The third-order valence-corrected chi connectivity index (χ3v) is 5.79. The van der Waals surface area contributed by atoms with Crippen LogP contribution in [0.4, 0.5) is 0 Å². The summed E-state index contributed by atoms with van der Waals surface area (Å²) in [5, 5.41) is 0.552. The Morgan fingerprint density at radius 1 is 1.45 bits per heavy atom. The number of amides is 1. The van der Waals surface area contributed by atoms with Crippen LogP contribution in [0.3, 0.4) is 0 Å². The van der Waals surface area contributed by atoms with Gasteiger partial charge >= 0.3 is 0 Å². The molecular formula is C12H17N3O3S2. The summed E-state index contributed by atoms with van der Waals surface area (Å²) in [6, 6.07) is 1.53. The van der Waals surface area contributed by atoms with E-state index in [9.17, 15) is 13.2 Å². The average Bonchev–Trinajstić information content (AvgIpc) is 2.78. The van der Waals surface area contributed by atoms with E-state index in [2.05, 4.69) is 9.97 Å². The molecule has 8 heteroatoms. The largest absolute Gasteiger partial charge is 0.338 e. The van der Waals surface area contributed by atoms with Crippen molar-refractivity contribution < 1.29 is 13.2 Å². The molecule has 1 aliphatic heterocycles. The van der Waals surface area contributed by atoms with E-state index >= 15 is 0 Å². The number of nitrogens with zero attached hydrogens (tertiary/aromatic N) is 3. The molecule has 2 rings (SSSR count). The van der Waals surface area contributed by atoms with Crippen LogP contribution in [0.1, 0.15) is 13.3 Å². The van der Waals surface area contributed by atoms with Gasteiger partial charge in [-0.05, 0) is 19.4 Å². The van der Waals surface area contributed by atoms with Gasteiger partial charge in [-0.1, -0.05) is 11.8 Å². The lowest BCUT2D eigenvalue weighted by atomic mass is 10.2. The van der Waals surface area contributed by atoms with Crippen LogP contribution < -0.4 is 0 Å². The van der Waals surface area contributed by atoms with E-state index in [4.69, 9.17) is 0 Å². The van der Waals surface area contributed by atoms with Gasteiger partial charge < -0.3 is 4.90 Å². The summed E-state index contributed by atoms with van der Waals surface area (Å²) in [4.78, 5) is 21.9. The smallest absolute Gasteiger partial charge is 0.233 e. The number of carbonyl (C=O) groups is 1. The summed E-state index contributed by atoms with van der Waals surface area (Å²) in [5.74, 6) is 0.427. The van der Waals surface area contributed by atoms with Gasteiger partial charge in [-0.3, -0.25) is 4.79 Å². The van der Waals surface area contributed by atoms with Gasteiger partial charge in [0.2, 0.25) is 5.91 Å². The van der Waals surface area contributed by atoms with E-state index in [1.165, 1.54) is 11.8 Å². The zero-order valence-electron chi connectivity index (χ0n) is 11.2. The highest BCUT2D eigenvalue weighted by atomic mass is 32.2. The van der Waals surface area contributed by atoms with E-state index in [0.29, 0.717) is 18.1 Å². The average molecular weight is 315 g/mol. The quantitative estimate of drug-likeness (QED) is 0.585. The van der Waals surface area contributed by atoms with Crippen LogP contribution in [0.5, 0.6) is 0 Å². The molecule has 6 nitrogen and oxygen atoms in total. The lowest BCUT2D eigenvalue weighted by molar-refractivity contribution is -0.129. The fraction of sp³-hybridized carbons (Fsp3) is 0.583. The normalized spacial score (nSPS) is 20.8. The number of aromatic nitrogens is 2. The van der Waals surface area contributed by atoms with Gasteiger partial charge in [-0.2, -0.15) is 0 Å². The molecule has 0 saturated carbocycles. The molecule has 0 spiro atoms. The summed E-state index contributed by atoms with van der Waals surface area (Å²) in [7, 11) is -2.98. The molecule has 1 aliphatic rings. The standard InChI is InChI=1S/C12H17N3O3S2/c1-2-15(10-4-7-20(17,18)9-10)11(16)8-19-12-13-5-3-6-14-12/h3,5-6,10H,2,4,7-9H2,1H3/t10-/m0/s1. The molecule has 0 radical (unpaired) electrons. The van der Waals surface area contributed by atoms with Crippen LogP contribution in [0.2, 0.25) is 0 Å². The highest BCUT2D eigenvalue weighted by Gasteiger charge is 2.33. The Hall–Kier alpha value is -1.15. The first-order valence-corrected chi connectivity index (χ1v) is 9.22. The Kier molecular flexibility index (Phi) is 4.98. The molecule has 1 aromatic rings. The van der Waals surface area contributed by atoms with Gasteiger partial charge in [0.05, 0.1) is 17.3 Å². The Labute approximate surface area is 122 Å². The van der Waals surface area contributed by atoms with Crippen molar-refractivity contribution in [2.24, 2.45) is 0 Å². The molecule has 0 bridgehead atoms. The highest BCUT2D eigenvalue weighted by molar-refractivity contribution is 7.99. The summed E-state index contributed by atoms with van der Waals surface area (Å²) in [5.41, 5.74) is 0. The molecule has 1 amide bonds. The third kappa shape index (κ3) is 3.92. The van der Waals surface area contributed by atoms with Crippen molar-refractivity contribution in [3.63, 3.8) is 0 Å². The van der Waals surface area contributed by atoms with Crippen molar-refractivity contribution >= 4 is 27.5 Å². The minimum Gasteiger partial charge on any atom is -0.338 e. The highest BCUT2D eigenvalue weighted by Crippen LogP contribution is 2.20. The van der Waals surface area contributed by atoms with Crippen LogP contribution >= 0.6 is 11.8 Å². The molecule has 2 heterocycles. The summed E-state index contributed by atoms with van der Waals surface area (Å²) >= 11 is 1.27. The molecule has 20 heavy (non-hydrogen) atoms. The lowest BCUT2D eigenvalue weighted by Gasteiger charge is -2.26. The second kappa shape index (κ2) is 6.53. The van der Waals surface area contributed by atoms with Gasteiger partial charge in [0.25, 0.3) is 0 Å². The summed E-state index contributed by atoms with van der Waals surface area (Å²) in [6.45, 7) is 2.39. The molecule has 1 fully saturated rings. The molecule has 0 aliphatic carbocycles. The maximum atomic E-state index is 12.2. The number of thioether (sulfide) groups is 1. The van der Waals surface area contributed by atoms with Crippen molar-refractivity contribution in [3.8, 4) is 0 Å². The van der Waals surface area contributed by atoms with Crippen molar-refractivity contribution in [3.05, 3.63) is 18.5 Å². The van der Waals surface area contributed by atoms with E-state index in [0.717, 1.165) is 0 Å². The monoisotopic (exact) mass is 315 g/mol.